The smallest absolute Gasteiger partial charge is 0.326 e. The summed E-state index contributed by atoms with van der Waals surface area (Å²) >= 11 is 0. The van der Waals surface area contributed by atoms with Crippen molar-refractivity contribution in [3.63, 3.8) is 0 Å². The molecular weight excluding hydrogens is 586 g/mol. The van der Waals surface area contributed by atoms with E-state index in [2.05, 4.69) is 20.8 Å². The molecule has 1 saturated carbocycles. The number of rotatable bonds is 9. The molecule has 2 aliphatic rings. The van der Waals surface area contributed by atoms with Crippen LogP contribution < -0.4 is 10.6 Å². The molecule has 0 saturated heterocycles. The lowest BCUT2D eigenvalue weighted by molar-refractivity contribution is -0.118. The standard InChI is InChI=1S/C31H34FN6O5P/c1-18-26(19(2)38(36-18)17-43-44(4,41)42)20-6-9-23(10-7-20)34-30(40)28(35-29(39)25-11-14-33-37(25)3)27-24-15-22(32)8-5-21(24)16-31(27)12-13-31/h5-11,14-15,27-28H,12-13,16-17H2,1-4H3,(H,34,40)(H,35,39)(H,41,42)/t27?,28-/m0/s1. The van der Waals surface area contributed by atoms with E-state index in [4.69, 9.17) is 4.52 Å². The second-order valence-corrected chi connectivity index (χ2v) is 13.7. The van der Waals surface area contributed by atoms with Crippen LogP contribution >= 0.6 is 7.60 Å². The summed E-state index contributed by atoms with van der Waals surface area (Å²) < 4.78 is 34.0. The largest absolute Gasteiger partial charge is 0.338 e. The number of nitrogens with zero attached hydrogens (tertiary/aromatic N) is 4. The Bertz CT molecular complexity index is 1810. The Balaban J connectivity index is 1.27. The van der Waals surface area contributed by atoms with Crippen LogP contribution in [0.5, 0.6) is 0 Å². The topological polar surface area (TPSA) is 140 Å². The van der Waals surface area contributed by atoms with Gasteiger partial charge in [-0.2, -0.15) is 10.2 Å². The zero-order chi connectivity index (χ0) is 31.4. The van der Waals surface area contributed by atoms with E-state index in [-0.39, 0.29) is 23.9 Å². The Morgan fingerprint density at radius 1 is 1.18 bits per heavy atom. The first-order chi connectivity index (χ1) is 20.8. The normalized spacial score (nSPS) is 18.5. The molecule has 2 unspecified atom stereocenters. The Labute approximate surface area is 254 Å². The van der Waals surface area contributed by atoms with Crippen molar-refractivity contribution in [1.82, 2.24) is 24.9 Å². The molecule has 3 atom stereocenters. The number of aromatic nitrogens is 4. The summed E-state index contributed by atoms with van der Waals surface area (Å²) in [4.78, 5) is 36.9. The molecule has 0 bridgehead atoms. The molecule has 1 spiro atoms. The molecule has 2 heterocycles. The number of hydrogen-bond acceptors (Lipinski definition) is 6. The van der Waals surface area contributed by atoms with E-state index in [0.29, 0.717) is 17.1 Å². The zero-order valence-electron chi connectivity index (χ0n) is 24.9. The molecule has 2 amide bonds. The van der Waals surface area contributed by atoms with Crippen LogP contribution in [-0.2, 0) is 34.1 Å². The summed E-state index contributed by atoms with van der Waals surface area (Å²) in [5, 5.41) is 14.5. The van der Waals surface area contributed by atoms with Crippen molar-refractivity contribution in [3.05, 3.63) is 88.8 Å². The van der Waals surface area contributed by atoms with Gasteiger partial charge in [0.05, 0.1) is 5.69 Å². The average molecular weight is 621 g/mol. The Morgan fingerprint density at radius 2 is 1.91 bits per heavy atom. The number of halogens is 1. The van der Waals surface area contributed by atoms with Crippen molar-refractivity contribution in [2.75, 3.05) is 12.0 Å². The monoisotopic (exact) mass is 620 g/mol. The van der Waals surface area contributed by atoms with Crippen molar-refractivity contribution < 1.29 is 28.0 Å². The van der Waals surface area contributed by atoms with Gasteiger partial charge in [0.2, 0.25) is 5.91 Å². The Hall–Kier alpha value is -4.12. The van der Waals surface area contributed by atoms with Crippen LogP contribution in [0.1, 0.15) is 51.8 Å². The lowest BCUT2D eigenvalue weighted by Crippen LogP contribution is -2.49. The number of carbonyl (C=O) groups excluding carboxylic acids is 2. The van der Waals surface area contributed by atoms with E-state index in [1.807, 2.05) is 26.0 Å². The van der Waals surface area contributed by atoms with E-state index in [1.54, 1.807) is 31.3 Å². The Kier molecular flexibility index (Phi) is 7.55. The molecule has 0 aliphatic heterocycles. The molecule has 3 N–H and O–H groups in total. The third-order valence-electron chi connectivity index (χ3n) is 8.74. The average Bonchev–Trinajstić information content (AvgIpc) is 3.33. The highest BCUT2D eigenvalue weighted by atomic mass is 31.2. The molecule has 2 aromatic heterocycles. The number of fused-ring (bicyclic) bond motifs is 1. The molecular formula is C31H34FN6O5P. The maximum absolute atomic E-state index is 14.5. The van der Waals surface area contributed by atoms with Gasteiger partial charge in [0.25, 0.3) is 5.91 Å². The van der Waals surface area contributed by atoms with E-state index in [0.717, 1.165) is 53.9 Å². The van der Waals surface area contributed by atoms with Gasteiger partial charge in [0.1, 0.15) is 24.3 Å². The van der Waals surface area contributed by atoms with Gasteiger partial charge in [-0.15, -0.1) is 0 Å². The number of benzene rings is 2. The molecule has 44 heavy (non-hydrogen) atoms. The minimum atomic E-state index is -3.67. The van der Waals surface area contributed by atoms with Gasteiger partial charge in [-0.25, -0.2) is 9.07 Å². The number of hydrogen-bond donors (Lipinski definition) is 3. The van der Waals surface area contributed by atoms with Gasteiger partial charge in [0.15, 0.2) is 0 Å². The van der Waals surface area contributed by atoms with Crippen LogP contribution in [0.2, 0.25) is 0 Å². The first-order valence-electron chi connectivity index (χ1n) is 14.3. The maximum Gasteiger partial charge on any atom is 0.326 e. The van der Waals surface area contributed by atoms with Gasteiger partial charge < -0.3 is 15.5 Å². The van der Waals surface area contributed by atoms with Gasteiger partial charge in [-0.1, -0.05) is 18.2 Å². The molecule has 6 rings (SSSR count). The van der Waals surface area contributed by atoms with Crippen LogP contribution in [-0.4, -0.2) is 49.0 Å². The molecule has 13 heteroatoms. The quantitative estimate of drug-likeness (QED) is 0.231. The molecule has 11 nitrogen and oxygen atoms in total. The highest BCUT2D eigenvalue weighted by Crippen LogP contribution is 2.64. The molecule has 230 valence electrons. The minimum Gasteiger partial charge on any atom is -0.338 e. The third-order valence-corrected chi connectivity index (χ3v) is 9.33. The third kappa shape index (κ3) is 5.72. The summed E-state index contributed by atoms with van der Waals surface area (Å²) in [6, 6.07) is 12.6. The fraction of sp³-hybridized carbons (Fsp3) is 0.355. The second-order valence-electron chi connectivity index (χ2n) is 11.8. The SMILES string of the molecule is Cc1nn(COP(C)(=O)O)c(C)c1-c1ccc(NC(=O)[C@@H](NC(=O)c2ccnn2C)C2c3cc(F)ccc3CC23CC3)cc1. The predicted molar refractivity (Wildman–Crippen MR) is 162 cm³/mol. The minimum absolute atomic E-state index is 0.160. The zero-order valence-corrected chi connectivity index (χ0v) is 25.8. The maximum atomic E-state index is 14.5. The summed E-state index contributed by atoms with van der Waals surface area (Å²) in [7, 11) is -2.01. The number of aryl methyl sites for hydroxylation is 2. The Morgan fingerprint density at radius 3 is 2.55 bits per heavy atom. The van der Waals surface area contributed by atoms with Crippen molar-refractivity contribution in [1.29, 1.82) is 0 Å². The van der Waals surface area contributed by atoms with Gasteiger partial charge in [-0.05, 0) is 85.5 Å². The van der Waals surface area contributed by atoms with Crippen molar-refractivity contribution in [3.8, 4) is 11.1 Å². The summed E-state index contributed by atoms with van der Waals surface area (Å²) in [5.74, 6) is -1.60. The van der Waals surface area contributed by atoms with E-state index >= 15 is 0 Å². The number of amides is 2. The number of anilines is 1. The van der Waals surface area contributed by atoms with Crippen LogP contribution in [0.15, 0.2) is 54.7 Å². The van der Waals surface area contributed by atoms with Gasteiger partial charge >= 0.3 is 7.60 Å². The molecule has 4 aromatic rings. The van der Waals surface area contributed by atoms with Gasteiger partial charge in [0, 0.05) is 42.8 Å². The fourth-order valence-corrected chi connectivity index (χ4v) is 6.80. The van der Waals surface area contributed by atoms with Crippen LogP contribution in [0, 0.1) is 25.1 Å². The van der Waals surface area contributed by atoms with Gasteiger partial charge in [-0.3, -0.25) is 23.4 Å². The fourth-order valence-electron chi connectivity index (χ4n) is 6.47. The molecule has 0 radical (unpaired) electrons. The predicted octanol–water partition coefficient (Wildman–Crippen LogP) is 4.69. The summed E-state index contributed by atoms with van der Waals surface area (Å²) in [6.45, 7) is 4.64. The lowest BCUT2D eigenvalue weighted by atomic mass is 9.82. The van der Waals surface area contributed by atoms with E-state index in [9.17, 15) is 23.4 Å². The van der Waals surface area contributed by atoms with Crippen LogP contribution in [0.3, 0.4) is 0 Å². The van der Waals surface area contributed by atoms with E-state index < -0.39 is 25.5 Å². The van der Waals surface area contributed by atoms with Crippen molar-refractivity contribution in [2.24, 2.45) is 12.5 Å². The van der Waals surface area contributed by atoms with Crippen molar-refractivity contribution >= 4 is 25.1 Å². The lowest BCUT2D eigenvalue weighted by Gasteiger charge is -2.29. The first kappa shape index (κ1) is 29.9. The highest BCUT2D eigenvalue weighted by molar-refractivity contribution is 7.51. The highest BCUT2D eigenvalue weighted by Gasteiger charge is 2.58. The van der Waals surface area contributed by atoms with Crippen LogP contribution in [0.4, 0.5) is 10.1 Å². The second kappa shape index (κ2) is 11.1. The molecule has 2 aromatic carbocycles. The number of nitrogens with one attached hydrogen (secondary N) is 2. The van der Waals surface area contributed by atoms with Crippen LogP contribution in [0.25, 0.3) is 11.1 Å². The first-order valence-corrected chi connectivity index (χ1v) is 16.3. The van der Waals surface area contributed by atoms with E-state index in [1.165, 1.54) is 27.7 Å². The summed E-state index contributed by atoms with van der Waals surface area (Å²) in [5.41, 5.74) is 5.55. The summed E-state index contributed by atoms with van der Waals surface area (Å²) in [6.07, 6.45) is 4.03. The molecule has 2 aliphatic carbocycles. The number of carbonyl (C=O) groups is 2. The van der Waals surface area contributed by atoms with Crippen molar-refractivity contribution in [2.45, 2.75) is 51.8 Å². The molecule has 1 fully saturated rings.